The van der Waals surface area contributed by atoms with Crippen molar-refractivity contribution in [2.24, 2.45) is 0 Å². The normalized spacial score (nSPS) is 10.9. The van der Waals surface area contributed by atoms with Gasteiger partial charge in [0.2, 0.25) is 0 Å². The summed E-state index contributed by atoms with van der Waals surface area (Å²) in [5.74, 6) is 1.58. The van der Waals surface area contributed by atoms with Crippen LogP contribution in [0.1, 0.15) is 10.4 Å². The van der Waals surface area contributed by atoms with E-state index >= 15 is 0 Å². The maximum atomic E-state index is 12.4. The summed E-state index contributed by atoms with van der Waals surface area (Å²) >= 11 is 3.94. The van der Waals surface area contributed by atoms with Crippen molar-refractivity contribution in [2.45, 2.75) is 4.90 Å². The molecule has 0 aliphatic rings. The molecule has 0 atom stereocenters. The molecule has 0 saturated carbocycles. The number of fused-ring (bicyclic) bond motifs is 1. The Morgan fingerprint density at radius 1 is 1.03 bits per heavy atom. The summed E-state index contributed by atoms with van der Waals surface area (Å²) in [6, 6.07) is 24.0. The minimum absolute atomic E-state index is 0.0325. The molecule has 0 fully saturated rings. The van der Waals surface area contributed by atoms with Gasteiger partial charge in [0.05, 0.1) is 18.4 Å². The summed E-state index contributed by atoms with van der Waals surface area (Å²) in [4.78, 5) is 17.2. The topological polar surface area (TPSA) is 54.1 Å². The fraction of sp³-hybridized carbons (Fsp3) is 0.125. The Kier molecular flexibility index (Phi) is 6.64. The zero-order chi connectivity index (χ0) is 20.9. The van der Waals surface area contributed by atoms with Gasteiger partial charge in [-0.1, -0.05) is 30.3 Å². The van der Waals surface area contributed by atoms with Crippen LogP contribution in [0.15, 0.2) is 77.7 Å². The maximum absolute atomic E-state index is 12.4. The lowest BCUT2D eigenvalue weighted by Gasteiger charge is -2.08. The summed E-state index contributed by atoms with van der Waals surface area (Å²) in [5, 5.41) is 4.23. The number of hydrogen-bond donors (Lipinski definition) is 2. The van der Waals surface area contributed by atoms with E-state index in [0.717, 1.165) is 31.8 Å². The number of nitrogens with one attached hydrogen (secondary N) is 2. The fourth-order valence-corrected chi connectivity index (χ4v) is 4.97. The molecule has 6 heteroatoms. The molecule has 1 heterocycles. The number of hydrogen-bond acceptors (Lipinski definition) is 3. The van der Waals surface area contributed by atoms with Crippen molar-refractivity contribution in [3.63, 3.8) is 0 Å². The van der Waals surface area contributed by atoms with Crippen LogP contribution in [0.2, 0.25) is 0 Å². The van der Waals surface area contributed by atoms with E-state index < -0.39 is 0 Å². The van der Waals surface area contributed by atoms with Gasteiger partial charge in [-0.25, -0.2) is 0 Å². The second-order valence-electron chi connectivity index (χ2n) is 6.69. The summed E-state index contributed by atoms with van der Waals surface area (Å²) in [5.41, 5.74) is 4.02. The molecule has 0 saturated heterocycles. The zero-order valence-corrected chi connectivity index (χ0v) is 19.4. The number of aromatic nitrogens is 1. The first kappa shape index (κ1) is 20.8. The van der Waals surface area contributed by atoms with Gasteiger partial charge in [-0.3, -0.25) is 4.79 Å². The van der Waals surface area contributed by atoms with Crippen LogP contribution < -0.4 is 10.1 Å². The number of amides is 1. The summed E-state index contributed by atoms with van der Waals surface area (Å²) in [7, 11) is 1.67. The van der Waals surface area contributed by atoms with Crippen molar-refractivity contribution >= 4 is 51.2 Å². The highest BCUT2D eigenvalue weighted by Gasteiger charge is 2.14. The van der Waals surface area contributed by atoms with Crippen LogP contribution in [0, 0.1) is 3.57 Å². The number of H-pyrrole nitrogens is 1. The Bertz CT molecular complexity index is 1170. The Morgan fingerprint density at radius 3 is 2.53 bits per heavy atom. The van der Waals surface area contributed by atoms with E-state index in [4.69, 9.17) is 4.74 Å². The van der Waals surface area contributed by atoms with Gasteiger partial charge in [-0.2, -0.15) is 0 Å². The average molecular weight is 528 g/mol. The highest BCUT2D eigenvalue weighted by atomic mass is 127. The smallest absolute Gasteiger partial charge is 0.252 e. The number of rotatable bonds is 7. The van der Waals surface area contributed by atoms with Gasteiger partial charge in [0.15, 0.2) is 0 Å². The van der Waals surface area contributed by atoms with E-state index in [1.807, 2.05) is 42.5 Å². The van der Waals surface area contributed by atoms with Crippen molar-refractivity contribution in [1.82, 2.24) is 10.3 Å². The van der Waals surface area contributed by atoms with Crippen molar-refractivity contribution in [3.05, 3.63) is 81.9 Å². The molecule has 1 amide bonds. The first-order chi connectivity index (χ1) is 14.7. The van der Waals surface area contributed by atoms with Crippen LogP contribution in [0.25, 0.3) is 22.2 Å². The first-order valence-electron chi connectivity index (χ1n) is 9.58. The van der Waals surface area contributed by atoms with Gasteiger partial charge in [0, 0.05) is 31.7 Å². The number of carbonyl (C=O) groups excluding carboxylic acids is 1. The number of benzene rings is 3. The van der Waals surface area contributed by atoms with Crippen LogP contribution in [-0.2, 0) is 0 Å². The van der Waals surface area contributed by atoms with E-state index in [2.05, 4.69) is 63.2 Å². The lowest BCUT2D eigenvalue weighted by atomic mass is 10.1. The molecule has 0 aliphatic heterocycles. The molecule has 4 aromatic rings. The van der Waals surface area contributed by atoms with Crippen molar-refractivity contribution in [1.29, 1.82) is 0 Å². The minimum Gasteiger partial charge on any atom is -0.497 e. The average Bonchev–Trinajstić information content (AvgIpc) is 3.15. The van der Waals surface area contributed by atoms with Crippen LogP contribution in [0.5, 0.6) is 5.75 Å². The van der Waals surface area contributed by atoms with Crippen molar-refractivity contribution in [2.75, 3.05) is 19.4 Å². The Labute approximate surface area is 193 Å². The molecule has 4 nitrogen and oxygen atoms in total. The molecule has 4 rings (SSSR count). The highest BCUT2D eigenvalue weighted by Crippen LogP contribution is 2.38. The van der Waals surface area contributed by atoms with E-state index in [9.17, 15) is 4.79 Å². The number of methoxy groups -OCH3 is 1. The molecular weight excluding hydrogens is 507 g/mol. The standard InChI is InChI=1S/C24H21IN2O2S/c1-29-17-12-10-16(11-13-17)22-23(19-7-3-5-9-21(19)27-22)30-15-14-26-24(28)18-6-2-4-8-20(18)25/h2-13,27H,14-15H2,1H3,(H,26,28). The number of ether oxygens (including phenoxy) is 1. The van der Waals surface area contributed by atoms with Gasteiger partial charge < -0.3 is 15.0 Å². The summed E-state index contributed by atoms with van der Waals surface area (Å²) in [6.07, 6.45) is 0. The third-order valence-electron chi connectivity index (χ3n) is 4.79. The predicted octanol–water partition coefficient (Wildman–Crippen LogP) is 5.97. The number of aromatic amines is 1. The van der Waals surface area contributed by atoms with Crippen LogP contribution in [0.3, 0.4) is 0 Å². The molecule has 0 unspecified atom stereocenters. The molecule has 152 valence electrons. The largest absolute Gasteiger partial charge is 0.497 e. The molecular formula is C24H21IN2O2S. The molecule has 0 spiro atoms. The second kappa shape index (κ2) is 9.57. The SMILES string of the molecule is COc1ccc(-c2[nH]c3ccccc3c2SCCNC(=O)c2ccccc2I)cc1. The van der Waals surface area contributed by atoms with E-state index in [-0.39, 0.29) is 5.91 Å². The van der Waals surface area contributed by atoms with E-state index in [0.29, 0.717) is 12.1 Å². The quantitative estimate of drug-likeness (QED) is 0.177. The maximum Gasteiger partial charge on any atom is 0.252 e. The van der Waals surface area contributed by atoms with Crippen molar-refractivity contribution < 1.29 is 9.53 Å². The third-order valence-corrected chi connectivity index (χ3v) is 6.85. The lowest BCUT2D eigenvalue weighted by Crippen LogP contribution is -2.26. The minimum atomic E-state index is -0.0325. The first-order valence-corrected chi connectivity index (χ1v) is 11.6. The number of para-hydroxylation sites is 1. The van der Waals surface area contributed by atoms with Crippen molar-refractivity contribution in [3.8, 4) is 17.0 Å². The van der Waals surface area contributed by atoms with Gasteiger partial charge in [0.25, 0.3) is 5.91 Å². The Hall–Kier alpha value is -2.45. The molecule has 1 aromatic heterocycles. The predicted molar refractivity (Wildman–Crippen MR) is 133 cm³/mol. The van der Waals surface area contributed by atoms with Gasteiger partial charge in [-0.15, -0.1) is 11.8 Å². The van der Waals surface area contributed by atoms with E-state index in [1.165, 1.54) is 10.3 Å². The van der Waals surface area contributed by atoms with Gasteiger partial charge in [-0.05, 0) is 70.6 Å². The molecule has 0 radical (unpaired) electrons. The fourth-order valence-electron chi connectivity index (χ4n) is 3.29. The molecule has 30 heavy (non-hydrogen) atoms. The molecule has 0 bridgehead atoms. The number of carbonyl (C=O) groups is 1. The van der Waals surface area contributed by atoms with Crippen LogP contribution in [0.4, 0.5) is 0 Å². The molecule has 2 N–H and O–H groups in total. The third kappa shape index (κ3) is 4.49. The van der Waals surface area contributed by atoms with E-state index in [1.54, 1.807) is 18.9 Å². The molecule has 3 aromatic carbocycles. The summed E-state index contributed by atoms with van der Waals surface area (Å²) < 4.78 is 6.24. The Morgan fingerprint density at radius 2 is 1.77 bits per heavy atom. The summed E-state index contributed by atoms with van der Waals surface area (Å²) in [6.45, 7) is 0.593. The zero-order valence-electron chi connectivity index (χ0n) is 16.4. The van der Waals surface area contributed by atoms with Crippen LogP contribution in [-0.4, -0.2) is 30.3 Å². The highest BCUT2D eigenvalue weighted by molar-refractivity contribution is 14.1. The van der Waals surface area contributed by atoms with Gasteiger partial charge >= 0.3 is 0 Å². The van der Waals surface area contributed by atoms with Gasteiger partial charge in [0.1, 0.15) is 5.75 Å². The number of thioether (sulfide) groups is 1. The molecule has 0 aliphatic carbocycles. The number of halogens is 1. The lowest BCUT2D eigenvalue weighted by molar-refractivity contribution is 0.0955. The second-order valence-corrected chi connectivity index (χ2v) is 8.95. The van der Waals surface area contributed by atoms with Crippen LogP contribution >= 0.6 is 34.4 Å². The monoisotopic (exact) mass is 528 g/mol. The Balaban J connectivity index is 1.50.